The zero-order valence-corrected chi connectivity index (χ0v) is 19.8. The van der Waals surface area contributed by atoms with Crippen molar-refractivity contribution in [2.45, 2.75) is 25.8 Å². The molecule has 33 heavy (non-hydrogen) atoms. The summed E-state index contributed by atoms with van der Waals surface area (Å²) in [7, 11) is 0. The first-order chi connectivity index (χ1) is 16.2. The number of thiazole rings is 1. The van der Waals surface area contributed by atoms with Gasteiger partial charge in [0.1, 0.15) is 5.75 Å². The highest BCUT2D eigenvalue weighted by molar-refractivity contribution is 7.11. The predicted molar refractivity (Wildman–Crippen MR) is 135 cm³/mol. The summed E-state index contributed by atoms with van der Waals surface area (Å²) in [5.74, 6) is 0.842. The standard InChI is InChI=1S/C27H22N2O2S2/c1-2-31-19-12-9-18(10-13-19)25-22-14-11-17-6-3-4-8-21(17)24(22)28-27-29(25)26(30)23(33-27)16-20-7-5-15-32-20/h3-10,12-13,15-16,25H,2,11,14H2,1H3. The molecule has 6 rings (SSSR count). The molecule has 0 radical (unpaired) electrons. The molecule has 4 nitrogen and oxygen atoms in total. The summed E-state index contributed by atoms with van der Waals surface area (Å²) in [5, 5.41) is 2.03. The summed E-state index contributed by atoms with van der Waals surface area (Å²) in [6, 6.07) is 20.6. The molecule has 1 aliphatic carbocycles. The van der Waals surface area contributed by atoms with E-state index in [4.69, 9.17) is 9.73 Å². The smallest absolute Gasteiger partial charge is 0.271 e. The molecule has 164 valence electrons. The van der Waals surface area contributed by atoms with Gasteiger partial charge in [-0.25, -0.2) is 4.99 Å². The fraction of sp³-hybridized carbons (Fsp3) is 0.185. The molecule has 2 aromatic carbocycles. The van der Waals surface area contributed by atoms with E-state index in [0.717, 1.165) is 44.1 Å². The van der Waals surface area contributed by atoms with Gasteiger partial charge in [-0.05, 0) is 66.1 Å². The van der Waals surface area contributed by atoms with Crippen molar-refractivity contribution in [1.29, 1.82) is 0 Å². The maximum absolute atomic E-state index is 13.7. The van der Waals surface area contributed by atoms with E-state index >= 15 is 0 Å². The van der Waals surface area contributed by atoms with Gasteiger partial charge < -0.3 is 4.74 Å². The zero-order valence-electron chi connectivity index (χ0n) is 18.2. The first-order valence-corrected chi connectivity index (χ1v) is 12.8. The van der Waals surface area contributed by atoms with Gasteiger partial charge in [0.25, 0.3) is 5.56 Å². The van der Waals surface area contributed by atoms with Crippen molar-refractivity contribution in [3.05, 3.63) is 113 Å². The van der Waals surface area contributed by atoms with Crippen LogP contribution in [0.25, 0.3) is 11.8 Å². The van der Waals surface area contributed by atoms with Gasteiger partial charge in [0.15, 0.2) is 4.80 Å². The highest BCUT2D eigenvalue weighted by Crippen LogP contribution is 2.41. The van der Waals surface area contributed by atoms with Gasteiger partial charge in [0, 0.05) is 10.4 Å². The minimum atomic E-state index is -0.161. The van der Waals surface area contributed by atoms with Crippen LogP contribution < -0.4 is 19.6 Å². The van der Waals surface area contributed by atoms with Crippen LogP contribution >= 0.6 is 22.7 Å². The fourth-order valence-corrected chi connectivity index (χ4v) is 6.46. The van der Waals surface area contributed by atoms with Crippen LogP contribution in [0.4, 0.5) is 0 Å². The maximum atomic E-state index is 13.7. The lowest BCUT2D eigenvalue weighted by Gasteiger charge is -2.30. The number of benzene rings is 2. The molecule has 0 amide bonds. The molecule has 6 heteroatoms. The second-order valence-electron chi connectivity index (χ2n) is 8.13. The van der Waals surface area contributed by atoms with E-state index in [9.17, 15) is 4.79 Å². The Hall–Kier alpha value is -3.22. The van der Waals surface area contributed by atoms with E-state index in [1.54, 1.807) is 11.3 Å². The first-order valence-electron chi connectivity index (χ1n) is 11.1. The van der Waals surface area contributed by atoms with Gasteiger partial charge in [-0.2, -0.15) is 0 Å². The largest absolute Gasteiger partial charge is 0.494 e. The summed E-state index contributed by atoms with van der Waals surface area (Å²) >= 11 is 3.11. The third kappa shape index (κ3) is 3.50. The Morgan fingerprint density at radius 2 is 1.94 bits per heavy atom. The Bertz CT molecular complexity index is 1540. The van der Waals surface area contributed by atoms with E-state index in [-0.39, 0.29) is 11.6 Å². The Morgan fingerprint density at radius 1 is 1.09 bits per heavy atom. The Kier molecular flexibility index (Phi) is 5.12. The lowest BCUT2D eigenvalue weighted by molar-refractivity contribution is 0.340. The van der Waals surface area contributed by atoms with Crippen molar-refractivity contribution >= 4 is 34.4 Å². The third-order valence-corrected chi connectivity index (χ3v) is 8.00. The van der Waals surface area contributed by atoms with Gasteiger partial charge in [0.05, 0.1) is 22.9 Å². The molecule has 0 saturated carbocycles. The van der Waals surface area contributed by atoms with E-state index in [1.165, 1.54) is 28.0 Å². The molecular weight excluding hydrogens is 448 g/mol. The topological polar surface area (TPSA) is 43.6 Å². The molecule has 1 unspecified atom stereocenters. The molecular formula is C27H22N2O2S2. The number of nitrogens with zero attached hydrogens (tertiary/aromatic N) is 2. The number of rotatable bonds is 4. The molecule has 1 atom stereocenters. The second-order valence-corrected chi connectivity index (χ2v) is 10.1. The Morgan fingerprint density at radius 3 is 2.73 bits per heavy atom. The number of hydrogen-bond acceptors (Lipinski definition) is 5. The molecule has 0 bridgehead atoms. The van der Waals surface area contributed by atoms with Crippen molar-refractivity contribution in [2.24, 2.45) is 4.99 Å². The van der Waals surface area contributed by atoms with Crippen LogP contribution in [0.15, 0.2) is 81.4 Å². The molecule has 2 aromatic heterocycles. The van der Waals surface area contributed by atoms with Gasteiger partial charge in [-0.15, -0.1) is 11.3 Å². The summed E-state index contributed by atoms with van der Waals surface area (Å²) < 4.78 is 8.27. The van der Waals surface area contributed by atoms with E-state index in [0.29, 0.717) is 6.61 Å². The summed E-state index contributed by atoms with van der Waals surface area (Å²) in [6.45, 7) is 2.61. The molecule has 1 aliphatic heterocycles. The minimum Gasteiger partial charge on any atom is -0.494 e. The lowest BCUT2D eigenvalue weighted by atomic mass is 9.83. The molecule has 0 fully saturated rings. The van der Waals surface area contributed by atoms with Crippen molar-refractivity contribution in [3.63, 3.8) is 0 Å². The van der Waals surface area contributed by atoms with Crippen LogP contribution in [-0.4, -0.2) is 11.2 Å². The average molecular weight is 471 g/mol. The van der Waals surface area contributed by atoms with Crippen LogP contribution in [0.3, 0.4) is 0 Å². The predicted octanol–water partition coefficient (Wildman–Crippen LogP) is 4.78. The number of thiophene rings is 1. The quantitative estimate of drug-likeness (QED) is 0.431. The summed E-state index contributed by atoms with van der Waals surface area (Å²) in [4.78, 5) is 20.6. The third-order valence-electron chi connectivity index (χ3n) is 6.20. The summed E-state index contributed by atoms with van der Waals surface area (Å²) in [5.41, 5.74) is 5.86. The van der Waals surface area contributed by atoms with Crippen LogP contribution in [0.2, 0.25) is 0 Å². The summed E-state index contributed by atoms with van der Waals surface area (Å²) in [6.07, 6.45) is 3.83. The fourth-order valence-electron chi connectivity index (χ4n) is 4.74. The maximum Gasteiger partial charge on any atom is 0.271 e. The Labute approximate surface area is 199 Å². The lowest BCUT2D eigenvalue weighted by Crippen LogP contribution is -2.38. The van der Waals surface area contributed by atoms with Crippen molar-refractivity contribution in [1.82, 2.24) is 4.57 Å². The number of ether oxygens (including phenoxy) is 1. The molecule has 0 saturated heterocycles. The van der Waals surface area contributed by atoms with Crippen LogP contribution in [-0.2, 0) is 6.42 Å². The average Bonchev–Trinajstić information content (AvgIpc) is 3.47. The van der Waals surface area contributed by atoms with E-state index in [2.05, 4.69) is 36.4 Å². The zero-order chi connectivity index (χ0) is 22.4. The number of aryl methyl sites for hydroxylation is 1. The van der Waals surface area contributed by atoms with Crippen LogP contribution in [0.1, 0.15) is 41.0 Å². The second kappa shape index (κ2) is 8.28. The van der Waals surface area contributed by atoms with Gasteiger partial charge >= 0.3 is 0 Å². The molecule has 0 N–H and O–H groups in total. The number of fused-ring (bicyclic) bond motifs is 3. The minimum absolute atomic E-state index is 0.0245. The first kappa shape index (κ1) is 20.4. The van der Waals surface area contributed by atoms with Crippen molar-refractivity contribution in [2.75, 3.05) is 6.61 Å². The molecule has 2 aliphatic rings. The van der Waals surface area contributed by atoms with E-state index in [1.807, 2.05) is 47.2 Å². The van der Waals surface area contributed by atoms with Gasteiger partial charge in [0.2, 0.25) is 0 Å². The molecule has 4 aromatic rings. The SMILES string of the molecule is CCOc1ccc(C2C3=C(N=c4sc(=Cc5cccs5)c(=O)n42)c2ccccc2CC3)cc1. The van der Waals surface area contributed by atoms with Gasteiger partial charge in [-0.1, -0.05) is 53.8 Å². The Balaban J connectivity index is 1.60. The number of hydrogen-bond donors (Lipinski definition) is 0. The van der Waals surface area contributed by atoms with Crippen LogP contribution in [0.5, 0.6) is 5.75 Å². The molecule has 3 heterocycles. The van der Waals surface area contributed by atoms with Crippen molar-refractivity contribution in [3.8, 4) is 5.75 Å². The van der Waals surface area contributed by atoms with Crippen LogP contribution in [0, 0.1) is 0 Å². The van der Waals surface area contributed by atoms with Gasteiger partial charge in [-0.3, -0.25) is 9.36 Å². The van der Waals surface area contributed by atoms with E-state index < -0.39 is 0 Å². The number of allylic oxidation sites excluding steroid dienone is 1. The number of aromatic nitrogens is 1. The highest BCUT2D eigenvalue weighted by atomic mass is 32.1. The normalized spacial score (nSPS) is 17.2. The highest BCUT2D eigenvalue weighted by Gasteiger charge is 2.32. The monoisotopic (exact) mass is 470 g/mol. The molecule has 0 spiro atoms. The van der Waals surface area contributed by atoms with Crippen molar-refractivity contribution < 1.29 is 4.74 Å².